The Bertz CT molecular complexity index is 1750. The molecule has 4 heteroatoms. The largest absolute Gasteiger partial charge is 0.236 e. The maximum absolute atomic E-state index is 6.50. The summed E-state index contributed by atoms with van der Waals surface area (Å²) < 4.78 is 0. The third kappa shape index (κ3) is 3.03. The minimum atomic E-state index is -0.593. The summed E-state index contributed by atoms with van der Waals surface area (Å²) in [6, 6.07) is 39.5. The molecule has 4 aromatic carbocycles. The molecule has 0 spiro atoms. The highest BCUT2D eigenvalue weighted by molar-refractivity contribution is 6.31. The van der Waals surface area contributed by atoms with Crippen molar-refractivity contribution in [1.29, 1.82) is 0 Å². The van der Waals surface area contributed by atoms with Gasteiger partial charge >= 0.3 is 0 Å². The standard InChI is InChI=1S/C32H20ClN3/c33-24-16-17-28-26(19-24)25-13-7-8-14-27(25)32(28,23-11-5-2-6-12-23)29-18-15-22-20-34-30(36-31(22)35-29)21-9-3-1-4-10-21/h1-20H. The predicted molar refractivity (Wildman–Crippen MR) is 145 cm³/mol. The Morgan fingerprint density at radius 3 is 2.17 bits per heavy atom. The van der Waals surface area contributed by atoms with Crippen molar-refractivity contribution < 1.29 is 0 Å². The maximum atomic E-state index is 6.50. The van der Waals surface area contributed by atoms with E-state index in [1.54, 1.807) is 0 Å². The molecule has 170 valence electrons. The summed E-state index contributed by atoms with van der Waals surface area (Å²) in [5.41, 5.74) is 7.80. The molecule has 1 aliphatic rings. The fraction of sp³-hybridized carbons (Fsp3) is 0.0312. The Balaban J connectivity index is 1.55. The van der Waals surface area contributed by atoms with Gasteiger partial charge in [0.25, 0.3) is 0 Å². The number of aromatic nitrogens is 3. The van der Waals surface area contributed by atoms with E-state index < -0.39 is 5.41 Å². The van der Waals surface area contributed by atoms with Gasteiger partial charge in [0, 0.05) is 22.2 Å². The molecular weight excluding hydrogens is 462 g/mol. The van der Waals surface area contributed by atoms with Crippen LogP contribution >= 0.6 is 11.6 Å². The van der Waals surface area contributed by atoms with Gasteiger partial charge in [0.15, 0.2) is 11.5 Å². The van der Waals surface area contributed by atoms with Crippen LogP contribution < -0.4 is 0 Å². The molecular formula is C32H20ClN3. The van der Waals surface area contributed by atoms with E-state index >= 15 is 0 Å². The molecule has 2 heterocycles. The van der Waals surface area contributed by atoms with Crippen molar-refractivity contribution >= 4 is 22.6 Å². The average Bonchev–Trinajstić information content (AvgIpc) is 3.24. The lowest BCUT2D eigenvalue weighted by molar-refractivity contribution is 0.738. The van der Waals surface area contributed by atoms with E-state index in [1.807, 2.05) is 48.7 Å². The summed E-state index contributed by atoms with van der Waals surface area (Å²) in [4.78, 5) is 14.7. The third-order valence-electron chi connectivity index (χ3n) is 7.07. The number of rotatable bonds is 3. The van der Waals surface area contributed by atoms with Gasteiger partial charge in [-0.1, -0.05) is 103 Å². The first kappa shape index (κ1) is 21.0. The number of pyridine rings is 1. The molecule has 0 amide bonds. The van der Waals surface area contributed by atoms with Gasteiger partial charge < -0.3 is 0 Å². The number of hydrogen-bond acceptors (Lipinski definition) is 3. The molecule has 0 aliphatic heterocycles. The lowest BCUT2D eigenvalue weighted by Gasteiger charge is -2.32. The fourth-order valence-electron chi connectivity index (χ4n) is 5.52. The van der Waals surface area contributed by atoms with Crippen LogP contribution in [0.15, 0.2) is 121 Å². The van der Waals surface area contributed by atoms with Crippen LogP contribution in [0.5, 0.6) is 0 Å². The monoisotopic (exact) mass is 481 g/mol. The van der Waals surface area contributed by atoms with Crippen LogP contribution in [-0.2, 0) is 5.41 Å². The third-order valence-corrected chi connectivity index (χ3v) is 7.31. The van der Waals surface area contributed by atoms with Crippen molar-refractivity contribution in [2.45, 2.75) is 5.41 Å². The number of fused-ring (bicyclic) bond motifs is 4. The van der Waals surface area contributed by atoms with Crippen molar-refractivity contribution in [3.05, 3.63) is 149 Å². The lowest BCUT2D eigenvalue weighted by Crippen LogP contribution is -2.29. The minimum Gasteiger partial charge on any atom is -0.236 e. The molecule has 1 unspecified atom stereocenters. The van der Waals surface area contributed by atoms with Gasteiger partial charge in [-0.2, -0.15) is 0 Å². The normalized spacial score (nSPS) is 16.0. The molecule has 0 saturated heterocycles. The second-order valence-electron chi connectivity index (χ2n) is 9.02. The average molecular weight is 482 g/mol. The summed E-state index contributed by atoms with van der Waals surface area (Å²) in [7, 11) is 0. The van der Waals surface area contributed by atoms with Gasteiger partial charge in [-0.15, -0.1) is 0 Å². The molecule has 0 saturated carbocycles. The van der Waals surface area contributed by atoms with Crippen molar-refractivity contribution in [3.8, 4) is 22.5 Å². The summed E-state index contributed by atoms with van der Waals surface area (Å²) in [6.07, 6.45) is 1.85. The molecule has 0 bridgehead atoms. The first-order valence-electron chi connectivity index (χ1n) is 11.9. The first-order valence-corrected chi connectivity index (χ1v) is 12.3. The maximum Gasteiger partial charge on any atom is 0.163 e. The molecule has 7 rings (SSSR count). The van der Waals surface area contributed by atoms with Crippen LogP contribution in [-0.4, -0.2) is 15.0 Å². The summed E-state index contributed by atoms with van der Waals surface area (Å²) >= 11 is 6.50. The zero-order valence-electron chi connectivity index (χ0n) is 19.3. The van der Waals surface area contributed by atoms with E-state index in [4.69, 9.17) is 21.6 Å². The van der Waals surface area contributed by atoms with Gasteiger partial charge in [-0.25, -0.2) is 15.0 Å². The Kier molecular flexibility index (Phi) is 4.73. The van der Waals surface area contributed by atoms with Crippen molar-refractivity contribution in [3.63, 3.8) is 0 Å². The van der Waals surface area contributed by atoms with Crippen LogP contribution in [0.4, 0.5) is 0 Å². The lowest BCUT2D eigenvalue weighted by atomic mass is 9.70. The second kappa shape index (κ2) is 8.11. The van der Waals surface area contributed by atoms with Crippen LogP contribution in [0, 0.1) is 0 Å². The minimum absolute atomic E-state index is 0.593. The van der Waals surface area contributed by atoms with Crippen molar-refractivity contribution in [1.82, 2.24) is 15.0 Å². The van der Waals surface area contributed by atoms with E-state index in [0.29, 0.717) is 11.5 Å². The SMILES string of the molecule is Clc1ccc2c(c1)-c1ccccc1C2(c1ccccc1)c1ccc2cnc(-c3ccccc3)nc2n1. The molecule has 1 aliphatic carbocycles. The Hall–Kier alpha value is -4.34. The quantitative estimate of drug-likeness (QED) is 0.259. The van der Waals surface area contributed by atoms with Crippen molar-refractivity contribution in [2.75, 3.05) is 0 Å². The molecule has 0 N–H and O–H groups in total. The second-order valence-corrected chi connectivity index (χ2v) is 9.46. The Labute approximate surface area is 214 Å². The summed E-state index contributed by atoms with van der Waals surface area (Å²) in [6.45, 7) is 0. The van der Waals surface area contributed by atoms with Gasteiger partial charge in [0.2, 0.25) is 0 Å². The topological polar surface area (TPSA) is 38.7 Å². The molecule has 0 radical (unpaired) electrons. The molecule has 3 nitrogen and oxygen atoms in total. The highest BCUT2D eigenvalue weighted by Crippen LogP contribution is 2.56. The molecule has 36 heavy (non-hydrogen) atoms. The fourth-order valence-corrected chi connectivity index (χ4v) is 5.70. The predicted octanol–water partition coefficient (Wildman–Crippen LogP) is 7.71. The van der Waals surface area contributed by atoms with Crippen LogP contribution in [0.3, 0.4) is 0 Å². The zero-order valence-corrected chi connectivity index (χ0v) is 20.0. The van der Waals surface area contributed by atoms with E-state index in [-0.39, 0.29) is 0 Å². The summed E-state index contributed by atoms with van der Waals surface area (Å²) in [5.74, 6) is 0.667. The first-order chi connectivity index (χ1) is 17.7. The van der Waals surface area contributed by atoms with Crippen LogP contribution in [0.2, 0.25) is 5.02 Å². The van der Waals surface area contributed by atoms with E-state index in [1.165, 1.54) is 16.7 Å². The molecule has 2 aromatic heterocycles. The van der Waals surface area contributed by atoms with E-state index in [0.717, 1.165) is 32.8 Å². The molecule has 6 aromatic rings. The summed E-state index contributed by atoms with van der Waals surface area (Å²) in [5, 5.41) is 1.63. The van der Waals surface area contributed by atoms with E-state index in [9.17, 15) is 0 Å². The van der Waals surface area contributed by atoms with Gasteiger partial charge in [0.1, 0.15) is 0 Å². The highest BCUT2D eigenvalue weighted by Gasteiger charge is 2.47. The Morgan fingerprint density at radius 1 is 0.611 bits per heavy atom. The molecule has 1 atom stereocenters. The van der Waals surface area contributed by atoms with E-state index in [2.05, 4.69) is 77.8 Å². The highest BCUT2D eigenvalue weighted by atomic mass is 35.5. The number of hydrogen-bond donors (Lipinski definition) is 0. The number of halogens is 1. The van der Waals surface area contributed by atoms with Gasteiger partial charge in [0.05, 0.1) is 11.1 Å². The zero-order chi connectivity index (χ0) is 24.1. The molecule has 0 fully saturated rings. The smallest absolute Gasteiger partial charge is 0.163 e. The van der Waals surface area contributed by atoms with Crippen molar-refractivity contribution in [2.24, 2.45) is 0 Å². The number of benzene rings is 4. The van der Waals surface area contributed by atoms with Crippen LogP contribution in [0.25, 0.3) is 33.5 Å². The Morgan fingerprint density at radius 2 is 1.33 bits per heavy atom. The van der Waals surface area contributed by atoms with Gasteiger partial charge in [-0.3, -0.25) is 0 Å². The number of nitrogens with zero attached hydrogens (tertiary/aromatic N) is 3. The van der Waals surface area contributed by atoms with Crippen LogP contribution in [0.1, 0.15) is 22.4 Å². The van der Waals surface area contributed by atoms with Gasteiger partial charge in [-0.05, 0) is 52.1 Å².